The number of nitro groups is 1. The van der Waals surface area contributed by atoms with Crippen LogP contribution in [0, 0.1) is 22.0 Å². The van der Waals surface area contributed by atoms with Crippen molar-refractivity contribution < 1.29 is 19.2 Å². The number of ether oxygens (including phenoxy) is 2. The lowest BCUT2D eigenvalue weighted by molar-refractivity contribution is -0.384. The molecule has 0 aliphatic heterocycles. The molecule has 0 amide bonds. The van der Waals surface area contributed by atoms with Crippen LogP contribution in [0.2, 0.25) is 0 Å². The van der Waals surface area contributed by atoms with Gasteiger partial charge in [0.1, 0.15) is 11.4 Å². The van der Waals surface area contributed by atoms with Gasteiger partial charge in [-0.15, -0.1) is 0 Å². The van der Waals surface area contributed by atoms with E-state index in [2.05, 4.69) is 5.32 Å². The largest absolute Gasteiger partial charge is 0.497 e. The van der Waals surface area contributed by atoms with Gasteiger partial charge in [-0.2, -0.15) is 0 Å². The molecule has 1 N–H and O–H groups in total. The van der Waals surface area contributed by atoms with Crippen LogP contribution in [-0.4, -0.2) is 31.7 Å². The molecular weight excluding hydrogens is 300 g/mol. The van der Waals surface area contributed by atoms with Crippen LogP contribution < -0.4 is 10.1 Å². The lowest BCUT2D eigenvalue weighted by Crippen LogP contribution is -2.32. The molecule has 126 valence electrons. The van der Waals surface area contributed by atoms with Gasteiger partial charge in [-0.05, 0) is 24.8 Å². The van der Waals surface area contributed by atoms with Crippen molar-refractivity contribution in [3.8, 4) is 5.75 Å². The van der Waals surface area contributed by atoms with Gasteiger partial charge in [0, 0.05) is 18.7 Å². The molecule has 0 saturated heterocycles. The number of carbonyl (C=O) groups is 1. The number of nitrogens with one attached hydrogen (secondary N) is 1. The molecular formula is C16H22N2O5. The van der Waals surface area contributed by atoms with Crippen molar-refractivity contribution in [3.63, 3.8) is 0 Å². The Balaban J connectivity index is 2.12. The monoisotopic (exact) mass is 322 g/mol. The smallest absolute Gasteiger partial charge is 0.309 e. The van der Waals surface area contributed by atoms with Crippen LogP contribution in [0.5, 0.6) is 5.75 Å². The van der Waals surface area contributed by atoms with E-state index in [9.17, 15) is 14.9 Å². The van der Waals surface area contributed by atoms with E-state index in [4.69, 9.17) is 9.47 Å². The summed E-state index contributed by atoms with van der Waals surface area (Å²) in [4.78, 5) is 22.6. The molecule has 0 aromatic heterocycles. The van der Waals surface area contributed by atoms with Gasteiger partial charge in [0.05, 0.1) is 25.1 Å². The summed E-state index contributed by atoms with van der Waals surface area (Å²) in [5, 5.41) is 14.3. The summed E-state index contributed by atoms with van der Waals surface area (Å²) in [6.45, 7) is 0.494. The maximum absolute atomic E-state index is 11.9. The molecule has 0 spiro atoms. The molecule has 0 radical (unpaired) electrons. The van der Waals surface area contributed by atoms with E-state index in [0.29, 0.717) is 18.0 Å². The Hall–Kier alpha value is -2.31. The number of hydrogen-bond donors (Lipinski definition) is 1. The van der Waals surface area contributed by atoms with Crippen LogP contribution in [0.1, 0.15) is 25.7 Å². The Morgan fingerprint density at radius 3 is 2.74 bits per heavy atom. The summed E-state index contributed by atoms with van der Waals surface area (Å²) < 4.78 is 10.00. The van der Waals surface area contributed by atoms with Crippen LogP contribution in [-0.2, 0) is 9.53 Å². The van der Waals surface area contributed by atoms with Crippen molar-refractivity contribution in [2.75, 3.05) is 26.1 Å². The summed E-state index contributed by atoms with van der Waals surface area (Å²) in [6, 6.07) is 4.58. The first-order chi connectivity index (χ1) is 11.1. The van der Waals surface area contributed by atoms with E-state index in [1.165, 1.54) is 20.3 Å². The Bertz CT molecular complexity index is 576. The Labute approximate surface area is 135 Å². The zero-order valence-electron chi connectivity index (χ0n) is 13.4. The molecule has 1 saturated carbocycles. The average molecular weight is 322 g/mol. The third-order valence-corrected chi connectivity index (χ3v) is 4.37. The summed E-state index contributed by atoms with van der Waals surface area (Å²) in [5.74, 6) is 0.316. The van der Waals surface area contributed by atoms with Crippen molar-refractivity contribution in [3.05, 3.63) is 28.3 Å². The average Bonchev–Trinajstić information content (AvgIpc) is 2.59. The minimum absolute atomic E-state index is 0.00349. The summed E-state index contributed by atoms with van der Waals surface area (Å²) in [5.41, 5.74) is 0.403. The van der Waals surface area contributed by atoms with Gasteiger partial charge < -0.3 is 14.8 Å². The molecule has 2 unspecified atom stereocenters. The third kappa shape index (κ3) is 4.12. The predicted molar refractivity (Wildman–Crippen MR) is 85.6 cm³/mol. The lowest BCUT2D eigenvalue weighted by Gasteiger charge is -2.29. The minimum atomic E-state index is -0.430. The molecule has 1 aliphatic rings. The standard InChI is InChI=1S/C16H22N2O5/c1-22-12-7-8-15(18(20)21)14(9-12)17-10-11-5-3-4-6-13(11)16(19)23-2/h7-9,11,13,17H,3-6,10H2,1-2H3. The molecule has 7 nitrogen and oxygen atoms in total. The maximum Gasteiger partial charge on any atom is 0.309 e. The summed E-state index contributed by atoms with van der Waals surface area (Å²) in [6.07, 6.45) is 3.78. The fraction of sp³-hybridized carbons (Fsp3) is 0.562. The fourth-order valence-electron chi connectivity index (χ4n) is 3.10. The van der Waals surface area contributed by atoms with Crippen molar-refractivity contribution in [1.82, 2.24) is 0 Å². The highest BCUT2D eigenvalue weighted by Gasteiger charge is 2.31. The normalized spacial score (nSPS) is 20.6. The van der Waals surface area contributed by atoms with E-state index in [-0.39, 0.29) is 23.5 Å². The molecule has 1 aliphatic carbocycles. The molecule has 0 heterocycles. The van der Waals surface area contributed by atoms with Crippen LogP contribution in [0.25, 0.3) is 0 Å². The predicted octanol–water partition coefficient (Wildman–Crippen LogP) is 2.99. The summed E-state index contributed by atoms with van der Waals surface area (Å²) >= 11 is 0. The van der Waals surface area contributed by atoms with Gasteiger partial charge >= 0.3 is 5.97 Å². The second kappa shape index (κ2) is 7.80. The summed E-state index contributed by atoms with van der Waals surface area (Å²) in [7, 11) is 2.91. The topological polar surface area (TPSA) is 90.7 Å². The fourth-order valence-corrected chi connectivity index (χ4v) is 3.10. The second-order valence-corrected chi connectivity index (χ2v) is 5.70. The van der Waals surface area contributed by atoms with E-state index in [0.717, 1.165) is 25.7 Å². The Kier molecular flexibility index (Phi) is 5.78. The number of carbonyl (C=O) groups excluding carboxylic acids is 1. The number of nitro benzene ring substituents is 1. The van der Waals surface area contributed by atoms with Crippen molar-refractivity contribution >= 4 is 17.3 Å². The van der Waals surface area contributed by atoms with E-state index in [1.807, 2.05) is 0 Å². The zero-order valence-corrected chi connectivity index (χ0v) is 13.4. The lowest BCUT2D eigenvalue weighted by atomic mass is 9.79. The highest BCUT2D eigenvalue weighted by molar-refractivity contribution is 5.73. The number of nitrogens with zero attached hydrogens (tertiary/aromatic N) is 1. The molecule has 0 bridgehead atoms. The number of methoxy groups -OCH3 is 2. The minimum Gasteiger partial charge on any atom is -0.497 e. The molecule has 1 aromatic rings. The molecule has 2 rings (SSSR count). The van der Waals surface area contributed by atoms with Gasteiger partial charge in [-0.25, -0.2) is 0 Å². The molecule has 1 aromatic carbocycles. The Morgan fingerprint density at radius 2 is 2.09 bits per heavy atom. The van der Waals surface area contributed by atoms with Crippen molar-refractivity contribution in [1.29, 1.82) is 0 Å². The van der Waals surface area contributed by atoms with Gasteiger partial charge in [-0.1, -0.05) is 12.8 Å². The molecule has 23 heavy (non-hydrogen) atoms. The number of esters is 1. The highest BCUT2D eigenvalue weighted by Crippen LogP contribution is 2.33. The first-order valence-electron chi connectivity index (χ1n) is 7.71. The van der Waals surface area contributed by atoms with Crippen molar-refractivity contribution in [2.24, 2.45) is 11.8 Å². The van der Waals surface area contributed by atoms with Crippen molar-refractivity contribution in [2.45, 2.75) is 25.7 Å². The second-order valence-electron chi connectivity index (χ2n) is 5.70. The molecule has 2 atom stereocenters. The SMILES string of the molecule is COC(=O)C1CCCCC1CNc1cc(OC)ccc1[N+](=O)[O-]. The first kappa shape index (κ1) is 17.1. The van der Waals surface area contributed by atoms with Crippen LogP contribution in [0.15, 0.2) is 18.2 Å². The number of anilines is 1. The molecule has 1 fully saturated rings. The Morgan fingerprint density at radius 1 is 1.35 bits per heavy atom. The van der Waals surface area contributed by atoms with Gasteiger partial charge in [0.25, 0.3) is 5.69 Å². The van der Waals surface area contributed by atoms with Crippen LogP contribution in [0.4, 0.5) is 11.4 Å². The maximum atomic E-state index is 11.9. The van der Waals surface area contributed by atoms with Crippen LogP contribution in [0.3, 0.4) is 0 Å². The zero-order chi connectivity index (χ0) is 16.8. The van der Waals surface area contributed by atoms with E-state index in [1.54, 1.807) is 12.1 Å². The highest BCUT2D eigenvalue weighted by atomic mass is 16.6. The van der Waals surface area contributed by atoms with Crippen LogP contribution >= 0.6 is 0 Å². The first-order valence-corrected chi connectivity index (χ1v) is 7.71. The van der Waals surface area contributed by atoms with E-state index < -0.39 is 4.92 Å². The van der Waals surface area contributed by atoms with Gasteiger partial charge in [0.15, 0.2) is 0 Å². The van der Waals surface area contributed by atoms with E-state index >= 15 is 0 Å². The third-order valence-electron chi connectivity index (χ3n) is 4.37. The van der Waals surface area contributed by atoms with Gasteiger partial charge in [0.2, 0.25) is 0 Å². The number of hydrogen-bond acceptors (Lipinski definition) is 6. The van der Waals surface area contributed by atoms with Gasteiger partial charge in [-0.3, -0.25) is 14.9 Å². The quantitative estimate of drug-likeness (QED) is 0.492. The molecule has 7 heteroatoms. The number of rotatable bonds is 6. The number of benzene rings is 1.